The molecule has 0 aliphatic rings. The van der Waals surface area contributed by atoms with E-state index in [9.17, 15) is 4.79 Å². The molecule has 18 heavy (non-hydrogen) atoms. The number of hydrogen-bond donors (Lipinski definition) is 0. The van der Waals surface area contributed by atoms with Crippen LogP contribution in [0, 0.1) is 11.3 Å². The summed E-state index contributed by atoms with van der Waals surface area (Å²) in [6.45, 7) is 5.62. The van der Waals surface area contributed by atoms with Crippen molar-refractivity contribution in [1.82, 2.24) is 0 Å². The summed E-state index contributed by atoms with van der Waals surface area (Å²) in [5.74, 6) is -0.390. The van der Waals surface area contributed by atoms with Crippen LogP contribution in [-0.4, -0.2) is 18.2 Å². The fourth-order valence-electron chi connectivity index (χ4n) is 1.35. The minimum Gasteiger partial charge on any atom is -0.458 e. The summed E-state index contributed by atoms with van der Waals surface area (Å²) in [4.78, 5) is 11.4. The fourth-order valence-corrected chi connectivity index (χ4v) is 1.35. The van der Waals surface area contributed by atoms with Gasteiger partial charge in [0.1, 0.15) is 12.2 Å². The van der Waals surface area contributed by atoms with Crippen LogP contribution in [0.3, 0.4) is 0 Å². The van der Waals surface area contributed by atoms with Gasteiger partial charge in [-0.05, 0) is 38.5 Å². The molecular formula is C14H17NO3. The smallest absolute Gasteiger partial charge is 0.332 e. The summed E-state index contributed by atoms with van der Waals surface area (Å²) in [5.41, 5.74) is 0.937. The number of nitrogens with zero attached hydrogens (tertiary/aromatic N) is 1. The van der Waals surface area contributed by atoms with E-state index in [1.165, 1.54) is 0 Å². The summed E-state index contributed by atoms with van der Waals surface area (Å²) < 4.78 is 10.3. The van der Waals surface area contributed by atoms with Gasteiger partial charge in [-0.25, -0.2) is 4.79 Å². The third-order valence-corrected chi connectivity index (χ3v) is 1.96. The van der Waals surface area contributed by atoms with Crippen LogP contribution in [0.4, 0.5) is 0 Å². The summed E-state index contributed by atoms with van der Waals surface area (Å²) in [5, 5.41) is 8.74. The molecule has 0 radical (unpaired) electrons. The molecule has 1 aromatic carbocycles. The van der Waals surface area contributed by atoms with Gasteiger partial charge in [0.15, 0.2) is 0 Å². The molecule has 0 bridgehead atoms. The number of esters is 1. The molecule has 0 aliphatic heterocycles. The van der Waals surface area contributed by atoms with E-state index >= 15 is 0 Å². The van der Waals surface area contributed by atoms with Crippen molar-refractivity contribution in [3.63, 3.8) is 0 Å². The first-order valence-corrected chi connectivity index (χ1v) is 5.69. The number of ether oxygens (including phenoxy) is 2. The Labute approximate surface area is 107 Å². The minimum absolute atomic E-state index is 0.0892. The predicted molar refractivity (Wildman–Crippen MR) is 66.7 cm³/mol. The van der Waals surface area contributed by atoms with Crippen molar-refractivity contribution >= 4 is 5.97 Å². The molecule has 0 amide bonds. The lowest BCUT2D eigenvalue weighted by Crippen LogP contribution is -2.26. The average Bonchev–Trinajstić information content (AvgIpc) is 2.27. The van der Waals surface area contributed by atoms with Crippen molar-refractivity contribution in [3.8, 4) is 6.07 Å². The van der Waals surface area contributed by atoms with Gasteiger partial charge in [0.05, 0.1) is 18.2 Å². The SMILES string of the molecule is CC(C)(C)OC(=O)COCc1cccc(C#N)c1. The Balaban J connectivity index is 2.38. The van der Waals surface area contributed by atoms with Crippen molar-refractivity contribution in [2.45, 2.75) is 33.0 Å². The zero-order chi connectivity index (χ0) is 13.6. The Morgan fingerprint density at radius 1 is 1.39 bits per heavy atom. The van der Waals surface area contributed by atoms with Crippen molar-refractivity contribution < 1.29 is 14.3 Å². The highest BCUT2D eigenvalue weighted by Crippen LogP contribution is 2.08. The lowest BCUT2D eigenvalue weighted by Gasteiger charge is -2.19. The molecule has 4 heteroatoms. The molecule has 0 aromatic heterocycles. The maximum absolute atomic E-state index is 11.4. The molecule has 0 N–H and O–H groups in total. The van der Waals surface area contributed by atoms with Crippen molar-refractivity contribution in [3.05, 3.63) is 35.4 Å². The summed E-state index contributed by atoms with van der Waals surface area (Å²) in [6.07, 6.45) is 0. The second kappa shape index (κ2) is 6.18. The minimum atomic E-state index is -0.499. The summed E-state index contributed by atoms with van der Waals surface area (Å²) >= 11 is 0. The van der Waals surface area contributed by atoms with Gasteiger partial charge in [0.2, 0.25) is 0 Å². The Morgan fingerprint density at radius 2 is 2.11 bits per heavy atom. The molecule has 0 atom stereocenters. The second-order valence-electron chi connectivity index (χ2n) is 4.89. The van der Waals surface area contributed by atoms with E-state index in [-0.39, 0.29) is 19.2 Å². The first-order valence-electron chi connectivity index (χ1n) is 5.69. The molecule has 0 saturated carbocycles. The van der Waals surface area contributed by atoms with Gasteiger partial charge in [-0.3, -0.25) is 0 Å². The lowest BCUT2D eigenvalue weighted by molar-refractivity contribution is -0.160. The fraction of sp³-hybridized carbons (Fsp3) is 0.429. The molecule has 0 heterocycles. The molecule has 0 unspecified atom stereocenters. The number of carbonyl (C=O) groups is 1. The number of carbonyl (C=O) groups excluding carboxylic acids is 1. The van der Waals surface area contributed by atoms with Crippen LogP contribution < -0.4 is 0 Å². The third kappa shape index (κ3) is 5.46. The molecular weight excluding hydrogens is 230 g/mol. The Kier molecular flexibility index (Phi) is 4.87. The van der Waals surface area contributed by atoms with E-state index in [2.05, 4.69) is 6.07 Å². The molecule has 0 spiro atoms. The van der Waals surface area contributed by atoms with E-state index < -0.39 is 5.60 Å². The van der Waals surface area contributed by atoms with Gasteiger partial charge in [-0.1, -0.05) is 12.1 Å². The van der Waals surface area contributed by atoms with E-state index in [0.29, 0.717) is 5.56 Å². The normalized spacial score (nSPS) is 10.8. The first-order chi connectivity index (χ1) is 8.40. The van der Waals surface area contributed by atoms with E-state index in [1.807, 2.05) is 6.07 Å². The van der Waals surface area contributed by atoms with Gasteiger partial charge in [0.25, 0.3) is 0 Å². The van der Waals surface area contributed by atoms with Crippen molar-refractivity contribution in [2.24, 2.45) is 0 Å². The Morgan fingerprint density at radius 3 is 2.72 bits per heavy atom. The number of nitriles is 1. The van der Waals surface area contributed by atoms with Crippen molar-refractivity contribution in [1.29, 1.82) is 5.26 Å². The predicted octanol–water partition coefficient (Wildman–Crippen LogP) is 2.42. The highest BCUT2D eigenvalue weighted by molar-refractivity contribution is 5.71. The monoisotopic (exact) mass is 247 g/mol. The van der Waals surface area contributed by atoms with Crippen LogP contribution in [0.25, 0.3) is 0 Å². The zero-order valence-corrected chi connectivity index (χ0v) is 10.9. The lowest BCUT2D eigenvalue weighted by atomic mass is 10.1. The van der Waals surface area contributed by atoms with Crippen LogP contribution in [0.5, 0.6) is 0 Å². The molecule has 4 nitrogen and oxygen atoms in total. The van der Waals surface area contributed by atoms with Gasteiger partial charge < -0.3 is 9.47 Å². The van der Waals surface area contributed by atoms with Gasteiger partial charge >= 0.3 is 5.97 Å². The van der Waals surface area contributed by atoms with Crippen LogP contribution >= 0.6 is 0 Å². The zero-order valence-electron chi connectivity index (χ0n) is 10.9. The van der Waals surface area contributed by atoms with Gasteiger partial charge in [0, 0.05) is 0 Å². The van der Waals surface area contributed by atoms with E-state index in [1.54, 1.807) is 39.0 Å². The number of benzene rings is 1. The topological polar surface area (TPSA) is 59.3 Å². The molecule has 1 rings (SSSR count). The molecule has 0 saturated heterocycles. The quantitative estimate of drug-likeness (QED) is 0.767. The molecule has 0 fully saturated rings. The summed E-state index contributed by atoms with van der Waals surface area (Å²) in [7, 11) is 0. The molecule has 1 aromatic rings. The van der Waals surface area contributed by atoms with Crippen LogP contribution in [0.1, 0.15) is 31.9 Å². The second-order valence-corrected chi connectivity index (χ2v) is 4.89. The standard InChI is InChI=1S/C14H17NO3/c1-14(2,3)18-13(16)10-17-9-12-6-4-5-11(7-12)8-15/h4-7H,9-10H2,1-3H3. The van der Waals surface area contributed by atoms with Crippen LogP contribution in [0.15, 0.2) is 24.3 Å². The van der Waals surface area contributed by atoms with Crippen LogP contribution in [-0.2, 0) is 20.9 Å². The number of rotatable bonds is 4. The highest BCUT2D eigenvalue weighted by Gasteiger charge is 2.15. The number of hydrogen-bond acceptors (Lipinski definition) is 4. The van der Waals surface area contributed by atoms with Gasteiger partial charge in [-0.15, -0.1) is 0 Å². The molecule has 0 aliphatic carbocycles. The van der Waals surface area contributed by atoms with E-state index in [0.717, 1.165) is 5.56 Å². The van der Waals surface area contributed by atoms with E-state index in [4.69, 9.17) is 14.7 Å². The highest BCUT2D eigenvalue weighted by atomic mass is 16.6. The summed E-state index contributed by atoms with van der Waals surface area (Å²) in [6, 6.07) is 9.13. The average molecular weight is 247 g/mol. The maximum atomic E-state index is 11.4. The molecule has 96 valence electrons. The Bertz CT molecular complexity index is 455. The first kappa shape index (κ1) is 14.2. The van der Waals surface area contributed by atoms with Crippen molar-refractivity contribution in [2.75, 3.05) is 6.61 Å². The van der Waals surface area contributed by atoms with Crippen LogP contribution in [0.2, 0.25) is 0 Å². The Hall–Kier alpha value is -1.86. The van der Waals surface area contributed by atoms with Gasteiger partial charge in [-0.2, -0.15) is 5.26 Å². The third-order valence-electron chi connectivity index (χ3n) is 1.96. The largest absolute Gasteiger partial charge is 0.458 e. The maximum Gasteiger partial charge on any atom is 0.332 e.